The monoisotopic (exact) mass is 405 g/mol. The van der Waals surface area contributed by atoms with Crippen molar-refractivity contribution in [3.63, 3.8) is 0 Å². The van der Waals surface area contributed by atoms with Crippen molar-refractivity contribution in [2.24, 2.45) is 0 Å². The summed E-state index contributed by atoms with van der Waals surface area (Å²) in [6.45, 7) is 2.52. The molecule has 0 fully saturated rings. The second-order valence-corrected chi connectivity index (χ2v) is 7.80. The summed E-state index contributed by atoms with van der Waals surface area (Å²) in [7, 11) is 0. The average molecular weight is 406 g/mol. The zero-order valence-corrected chi connectivity index (χ0v) is 16.5. The van der Waals surface area contributed by atoms with Crippen LogP contribution in [-0.4, -0.2) is 27.7 Å². The molecule has 0 spiro atoms. The van der Waals surface area contributed by atoms with E-state index in [2.05, 4.69) is 14.9 Å². The normalized spacial score (nSPS) is 14.4. The van der Waals surface area contributed by atoms with Crippen molar-refractivity contribution in [1.82, 2.24) is 14.9 Å². The van der Waals surface area contributed by atoms with E-state index in [9.17, 15) is 0 Å². The molecule has 3 aromatic rings. The highest BCUT2D eigenvalue weighted by atomic mass is 35.5. The van der Waals surface area contributed by atoms with Gasteiger partial charge in [-0.05, 0) is 36.6 Å². The molecule has 1 aliphatic heterocycles. The van der Waals surface area contributed by atoms with Crippen molar-refractivity contribution in [2.75, 3.05) is 12.8 Å². The van der Waals surface area contributed by atoms with E-state index in [-0.39, 0.29) is 0 Å². The summed E-state index contributed by atoms with van der Waals surface area (Å²) >= 11 is 13.9. The fourth-order valence-corrected chi connectivity index (χ4v) is 3.85. The van der Waals surface area contributed by atoms with Gasteiger partial charge in [0.1, 0.15) is 11.5 Å². The Morgan fingerprint density at radius 3 is 2.96 bits per heavy atom. The van der Waals surface area contributed by atoms with Crippen LogP contribution in [0.4, 0.5) is 0 Å². The molecule has 2 aromatic heterocycles. The van der Waals surface area contributed by atoms with Gasteiger partial charge in [0.25, 0.3) is 0 Å². The van der Waals surface area contributed by atoms with Gasteiger partial charge in [-0.3, -0.25) is 4.90 Å². The minimum atomic E-state index is 0.629. The Morgan fingerprint density at radius 2 is 2.12 bits per heavy atom. The summed E-state index contributed by atoms with van der Waals surface area (Å²) < 4.78 is 6.01. The summed E-state index contributed by atoms with van der Waals surface area (Å²) in [5, 5.41) is 2.11. The molecule has 0 atom stereocenters. The van der Waals surface area contributed by atoms with E-state index in [1.807, 2.05) is 30.7 Å². The number of benzene rings is 1. The molecule has 7 heteroatoms. The first-order chi connectivity index (χ1) is 12.6. The van der Waals surface area contributed by atoms with Gasteiger partial charge < -0.3 is 4.42 Å². The number of rotatable bonds is 4. The van der Waals surface area contributed by atoms with E-state index in [1.54, 1.807) is 23.9 Å². The zero-order valence-electron chi connectivity index (χ0n) is 14.2. The largest absolute Gasteiger partial charge is 0.460 e. The first-order valence-electron chi connectivity index (χ1n) is 8.27. The molecule has 4 rings (SSSR count). The van der Waals surface area contributed by atoms with Crippen LogP contribution >= 0.6 is 35.0 Å². The number of fused-ring (bicyclic) bond motifs is 1. The molecule has 0 saturated heterocycles. The van der Waals surface area contributed by atoms with Crippen molar-refractivity contribution < 1.29 is 4.42 Å². The minimum absolute atomic E-state index is 0.629. The van der Waals surface area contributed by atoms with Gasteiger partial charge in [-0.15, -0.1) is 0 Å². The van der Waals surface area contributed by atoms with Crippen molar-refractivity contribution in [3.8, 4) is 11.3 Å². The molecule has 0 radical (unpaired) electrons. The standard InChI is InChI=1S/C19H17Cl2N3OS/c1-26-19-22-9-12-10-24(7-6-17(12)23-19)11-14-3-5-18(25-14)15-8-13(20)2-4-16(15)21/h2-5,8-9H,6-7,10-11H2,1H3. The van der Waals surface area contributed by atoms with Crippen molar-refractivity contribution in [2.45, 2.75) is 24.7 Å². The molecule has 0 aliphatic carbocycles. The number of furan rings is 1. The smallest absolute Gasteiger partial charge is 0.187 e. The molecule has 0 amide bonds. The van der Waals surface area contributed by atoms with Crippen LogP contribution in [0.3, 0.4) is 0 Å². The number of thioether (sulfide) groups is 1. The number of hydrogen-bond acceptors (Lipinski definition) is 5. The Bertz CT molecular complexity index is 944. The van der Waals surface area contributed by atoms with E-state index in [4.69, 9.17) is 27.6 Å². The van der Waals surface area contributed by atoms with Crippen molar-refractivity contribution >= 4 is 35.0 Å². The molecule has 0 bridgehead atoms. The molecular formula is C19H17Cl2N3OS. The first kappa shape index (κ1) is 17.9. The van der Waals surface area contributed by atoms with E-state index >= 15 is 0 Å². The summed E-state index contributed by atoms with van der Waals surface area (Å²) in [4.78, 5) is 11.3. The summed E-state index contributed by atoms with van der Waals surface area (Å²) in [6, 6.07) is 9.32. The fourth-order valence-electron chi connectivity index (χ4n) is 3.10. The van der Waals surface area contributed by atoms with E-state index < -0.39 is 0 Å². The zero-order chi connectivity index (χ0) is 18.1. The Morgan fingerprint density at radius 1 is 1.23 bits per heavy atom. The van der Waals surface area contributed by atoms with E-state index in [1.165, 1.54) is 5.56 Å². The molecule has 4 nitrogen and oxygen atoms in total. The third kappa shape index (κ3) is 3.76. The Labute approximate surface area is 166 Å². The van der Waals surface area contributed by atoms with Crippen LogP contribution in [0.15, 0.2) is 46.1 Å². The van der Waals surface area contributed by atoms with Gasteiger partial charge in [-0.1, -0.05) is 35.0 Å². The molecule has 0 saturated carbocycles. The van der Waals surface area contributed by atoms with Crippen LogP contribution < -0.4 is 0 Å². The van der Waals surface area contributed by atoms with Crippen LogP contribution in [0, 0.1) is 0 Å². The lowest BCUT2D eigenvalue weighted by Gasteiger charge is -2.27. The van der Waals surface area contributed by atoms with Crippen LogP contribution in [0.2, 0.25) is 10.0 Å². The highest BCUT2D eigenvalue weighted by molar-refractivity contribution is 7.98. The maximum absolute atomic E-state index is 6.27. The van der Waals surface area contributed by atoms with Gasteiger partial charge in [0, 0.05) is 41.9 Å². The Hall–Kier alpha value is -1.53. The Kier molecular flexibility index (Phi) is 5.23. The van der Waals surface area contributed by atoms with Crippen LogP contribution in [0.5, 0.6) is 0 Å². The van der Waals surface area contributed by atoms with Gasteiger partial charge in [-0.25, -0.2) is 9.97 Å². The average Bonchev–Trinajstić information content (AvgIpc) is 3.11. The SMILES string of the molecule is CSc1ncc2c(n1)CCN(Cc1ccc(-c3cc(Cl)ccc3Cl)o1)C2. The van der Waals surface area contributed by atoms with Gasteiger partial charge in [-0.2, -0.15) is 0 Å². The van der Waals surface area contributed by atoms with Crippen molar-refractivity contribution in [1.29, 1.82) is 0 Å². The molecule has 1 aliphatic rings. The molecule has 1 aromatic carbocycles. The summed E-state index contributed by atoms with van der Waals surface area (Å²) in [5.74, 6) is 1.64. The number of hydrogen-bond donors (Lipinski definition) is 0. The van der Waals surface area contributed by atoms with Crippen LogP contribution in [0.1, 0.15) is 17.0 Å². The van der Waals surface area contributed by atoms with Gasteiger partial charge in [0.2, 0.25) is 0 Å². The summed E-state index contributed by atoms with van der Waals surface area (Å²) in [5.41, 5.74) is 3.16. The molecule has 134 valence electrons. The highest BCUT2D eigenvalue weighted by Gasteiger charge is 2.20. The lowest BCUT2D eigenvalue weighted by atomic mass is 10.1. The van der Waals surface area contributed by atoms with Crippen LogP contribution in [0.25, 0.3) is 11.3 Å². The first-order valence-corrected chi connectivity index (χ1v) is 10.3. The number of halogens is 2. The fraction of sp³-hybridized carbons (Fsp3) is 0.263. The predicted molar refractivity (Wildman–Crippen MR) is 106 cm³/mol. The number of aromatic nitrogens is 2. The molecule has 0 N–H and O–H groups in total. The molecule has 0 unspecified atom stereocenters. The third-order valence-corrected chi connectivity index (χ3v) is 5.53. The minimum Gasteiger partial charge on any atom is -0.460 e. The van der Waals surface area contributed by atoms with Crippen molar-refractivity contribution in [3.05, 3.63) is 63.6 Å². The van der Waals surface area contributed by atoms with E-state index in [0.717, 1.165) is 54.0 Å². The summed E-state index contributed by atoms with van der Waals surface area (Å²) in [6.07, 6.45) is 4.87. The second kappa shape index (κ2) is 7.61. The molecule has 3 heterocycles. The maximum atomic E-state index is 6.27. The quantitative estimate of drug-likeness (QED) is 0.433. The second-order valence-electron chi connectivity index (χ2n) is 6.18. The third-order valence-electron chi connectivity index (χ3n) is 4.41. The predicted octanol–water partition coefficient (Wildman–Crippen LogP) is 5.32. The molecule has 26 heavy (non-hydrogen) atoms. The van der Waals surface area contributed by atoms with Gasteiger partial charge in [0.05, 0.1) is 17.3 Å². The topological polar surface area (TPSA) is 42.2 Å². The lowest BCUT2D eigenvalue weighted by Crippen LogP contribution is -2.30. The van der Waals surface area contributed by atoms with E-state index in [0.29, 0.717) is 10.0 Å². The highest BCUT2D eigenvalue weighted by Crippen LogP contribution is 2.32. The van der Waals surface area contributed by atoms with Gasteiger partial charge in [0.15, 0.2) is 5.16 Å². The maximum Gasteiger partial charge on any atom is 0.187 e. The van der Waals surface area contributed by atoms with Gasteiger partial charge >= 0.3 is 0 Å². The molecular weight excluding hydrogens is 389 g/mol. The lowest BCUT2D eigenvalue weighted by molar-refractivity contribution is 0.223. The number of nitrogens with zero attached hydrogens (tertiary/aromatic N) is 3. The van der Waals surface area contributed by atoms with Crippen LogP contribution in [-0.2, 0) is 19.5 Å². The Balaban J connectivity index is 1.49.